The standard InChI is InChI=1S/C59H35N5O/c1-2-19-41(20-3-1)63-50-26-11-8-22-43(50)45-30-29-39(34-52(45)63)57-60-58(62-59(61-57)47-25-14-18-36-15-6-7-21-42(36)47)40-32-49-46-24-10-13-28-55(46)65-56(49)54(35-40)64-51-27-12-9-23-44(51)48-31-37-16-4-5-17-38(37)33-53(48)64/h1-35H. The minimum Gasteiger partial charge on any atom is -0.454 e. The largest absolute Gasteiger partial charge is 0.454 e. The van der Waals surface area contributed by atoms with Crippen LogP contribution < -0.4 is 0 Å². The molecular weight excluding hydrogens is 795 g/mol. The summed E-state index contributed by atoms with van der Waals surface area (Å²) < 4.78 is 11.5. The highest BCUT2D eigenvalue weighted by molar-refractivity contribution is 6.16. The molecule has 0 atom stereocenters. The van der Waals surface area contributed by atoms with E-state index < -0.39 is 0 Å². The summed E-state index contributed by atoms with van der Waals surface area (Å²) in [6.45, 7) is 0. The van der Waals surface area contributed by atoms with Gasteiger partial charge in [-0.05, 0) is 82.2 Å². The summed E-state index contributed by atoms with van der Waals surface area (Å²) in [6, 6.07) is 75.0. The second kappa shape index (κ2) is 13.8. The molecule has 0 unspecified atom stereocenters. The second-order valence-electron chi connectivity index (χ2n) is 16.8. The summed E-state index contributed by atoms with van der Waals surface area (Å²) in [5.41, 5.74) is 10.7. The Morgan fingerprint density at radius 2 is 0.908 bits per heavy atom. The van der Waals surface area contributed by atoms with Crippen LogP contribution in [0.2, 0.25) is 0 Å². The van der Waals surface area contributed by atoms with Gasteiger partial charge in [-0.15, -0.1) is 0 Å². The highest BCUT2D eigenvalue weighted by atomic mass is 16.3. The fraction of sp³-hybridized carbons (Fsp3) is 0. The van der Waals surface area contributed by atoms with Crippen molar-refractivity contribution < 1.29 is 4.42 Å². The Balaban J connectivity index is 1.07. The van der Waals surface area contributed by atoms with Gasteiger partial charge in [0.2, 0.25) is 0 Å². The van der Waals surface area contributed by atoms with Crippen molar-refractivity contribution in [3.05, 3.63) is 212 Å². The van der Waals surface area contributed by atoms with Gasteiger partial charge in [-0.2, -0.15) is 0 Å². The highest BCUT2D eigenvalue weighted by Crippen LogP contribution is 2.42. The van der Waals surface area contributed by atoms with E-state index in [2.05, 4.69) is 209 Å². The number of rotatable bonds is 5. The van der Waals surface area contributed by atoms with Crippen LogP contribution in [-0.2, 0) is 0 Å². The van der Waals surface area contributed by atoms with Crippen LogP contribution in [0.4, 0.5) is 0 Å². The normalized spacial score (nSPS) is 12.0. The Hall–Kier alpha value is -8.87. The molecule has 0 N–H and O–H groups in total. The summed E-state index contributed by atoms with van der Waals surface area (Å²) in [5, 5.41) is 11.3. The van der Waals surface area contributed by atoms with Crippen LogP contribution in [0.5, 0.6) is 0 Å². The lowest BCUT2D eigenvalue weighted by Crippen LogP contribution is -2.02. The molecule has 4 aromatic heterocycles. The van der Waals surface area contributed by atoms with Gasteiger partial charge in [0.15, 0.2) is 23.1 Å². The van der Waals surface area contributed by atoms with E-state index in [1.54, 1.807) is 0 Å². The molecule has 6 nitrogen and oxygen atoms in total. The van der Waals surface area contributed by atoms with E-state index >= 15 is 0 Å². The Bertz CT molecular complexity index is 4250. The fourth-order valence-corrected chi connectivity index (χ4v) is 10.2. The van der Waals surface area contributed by atoms with E-state index in [0.717, 1.165) is 88.2 Å². The smallest absolute Gasteiger partial charge is 0.164 e. The lowest BCUT2D eigenvalue weighted by molar-refractivity contribution is 0.666. The average molecular weight is 830 g/mol. The van der Waals surface area contributed by atoms with Crippen molar-refractivity contribution in [2.24, 2.45) is 0 Å². The zero-order valence-corrected chi connectivity index (χ0v) is 34.9. The Labute approximate surface area is 371 Å². The molecule has 0 aliphatic carbocycles. The van der Waals surface area contributed by atoms with Gasteiger partial charge in [0.05, 0.1) is 27.8 Å². The maximum Gasteiger partial charge on any atom is 0.164 e. The van der Waals surface area contributed by atoms with Gasteiger partial charge in [-0.1, -0.05) is 152 Å². The lowest BCUT2D eigenvalue weighted by Gasteiger charge is -2.14. The maximum absolute atomic E-state index is 6.86. The molecule has 4 heterocycles. The highest BCUT2D eigenvalue weighted by Gasteiger charge is 2.23. The summed E-state index contributed by atoms with van der Waals surface area (Å²) >= 11 is 0. The van der Waals surface area contributed by atoms with E-state index in [9.17, 15) is 0 Å². The van der Waals surface area contributed by atoms with Crippen molar-refractivity contribution in [1.29, 1.82) is 0 Å². The zero-order chi connectivity index (χ0) is 42.6. The number of aromatic nitrogens is 5. The van der Waals surface area contributed by atoms with Crippen molar-refractivity contribution >= 4 is 87.1 Å². The third kappa shape index (κ3) is 5.44. The van der Waals surface area contributed by atoms with Crippen LogP contribution in [-0.4, -0.2) is 24.1 Å². The molecule has 0 aliphatic rings. The van der Waals surface area contributed by atoms with E-state index in [-0.39, 0.29) is 0 Å². The van der Waals surface area contributed by atoms with E-state index in [1.807, 2.05) is 12.1 Å². The number of para-hydroxylation sites is 4. The molecule has 0 fully saturated rings. The molecule has 0 saturated carbocycles. The van der Waals surface area contributed by atoms with Crippen LogP contribution >= 0.6 is 0 Å². The molecule has 0 amide bonds. The van der Waals surface area contributed by atoms with Gasteiger partial charge in [-0.3, -0.25) is 0 Å². The minimum absolute atomic E-state index is 0.571. The van der Waals surface area contributed by atoms with Gasteiger partial charge in [-0.25, -0.2) is 15.0 Å². The van der Waals surface area contributed by atoms with Crippen LogP contribution in [0.15, 0.2) is 217 Å². The maximum atomic E-state index is 6.86. The molecule has 0 saturated heterocycles. The first-order chi connectivity index (χ1) is 32.2. The quantitative estimate of drug-likeness (QED) is 0.173. The molecule has 65 heavy (non-hydrogen) atoms. The number of fused-ring (bicyclic) bond motifs is 11. The summed E-state index contributed by atoms with van der Waals surface area (Å²) in [6.07, 6.45) is 0. The predicted molar refractivity (Wildman–Crippen MR) is 267 cm³/mol. The first kappa shape index (κ1) is 35.7. The van der Waals surface area contributed by atoms with Crippen LogP contribution in [0.25, 0.3) is 133 Å². The Kier molecular flexibility index (Phi) is 7.59. The number of furan rings is 1. The number of hydrogen-bond donors (Lipinski definition) is 0. The van der Waals surface area contributed by atoms with Gasteiger partial charge >= 0.3 is 0 Å². The van der Waals surface area contributed by atoms with Crippen molar-refractivity contribution in [2.45, 2.75) is 0 Å². The molecule has 6 heteroatoms. The lowest BCUT2D eigenvalue weighted by atomic mass is 10.0. The first-order valence-electron chi connectivity index (χ1n) is 21.9. The van der Waals surface area contributed by atoms with Crippen molar-refractivity contribution in [2.75, 3.05) is 0 Å². The Morgan fingerprint density at radius 3 is 1.72 bits per heavy atom. The summed E-state index contributed by atoms with van der Waals surface area (Å²) in [4.78, 5) is 16.2. The molecule has 0 spiro atoms. The summed E-state index contributed by atoms with van der Waals surface area (Å²) in [7, 11) is 0. The van der Waals surface area contributed by atoms with Gasteiger partial charge < -0.3 is 13.6 Å². The molecular formula is C59H35N5O. The van der Waals surface area contributed by atoms with E-state index in [1.165, 1.54) is 26.9 Å². The number of benzene rings is 10. The fourth-order valence-electron chi connectivity index (χ4n) is 10.2. The molecule has 14 rings (SSSR count). The van der Waals surface area contributed by atoms with Crippen LogP contribution in [0.1, 0.15) is 0 Å². The summed E-state index contributed by atoms with van der Waals surface area (Å²) in [5.74, 6) is 1.76. The third-order valence-corrected chi connectivity index (χ3v) is 13.1. The van der Waals surface area contributed by atoms with Crippen molar-refractivity contribution in [1.82, 2.24) is 24.1 Å². The monoisotopic (exact) mass is 829 g/mol. The minimum atomic E-state index is 0.571. The average Bonchev–Trinajstić information content (AvgIpc) is 4.02. The van der Waals surface area contributed by atoms with E-state index in [4.69, 9.17) is 19.4 Å². The first-order valence-corrected chi connectivity index (χ1v) is 21.9. The van der Waals surface area contributed by atoms with Gasteiger partial charge in [0.1, 0.15) is 5.58 Å². The number of hydrogen-bond acceptors (Lipinski definition) is 4. The Morgan fingerprint density at radius 1 is 0.323 bits per heavy atom. The SMILES string of the molecule is c1ccc(-n2c3ccccc3c3ccc(-c4nc(-c5cc(-n6c7ccccc7c7cc8ccccc8cc76)c6oc7ccccc7c6c5)nc(-c5cccc6ccccc56)n4)cc32)cc1. The van der Waals surface area contributed by atoms with Gasteiger partial charge in [0, 0.05) is 54.7 Å². The van der Waals surface area contributed by atoms with Gasteiger partial charge in [0.25, 0.3) is 0 Å². The second-order valence-corrected chi connectivity index (χ2v) is 16.8. The zero-order valence-electron chi connectivity index (χ0n) is 34.9. The van der Waals surface area contributed by atoms with Crippen molar-refractivity contribution in [3.8, 4) is 45.5 Å². The molecule has 14 aromatic rings. The molecule has 0 radical (unpaired) electrons. The third-order valence-electron chi connectivity index (χ3n) is 13.1. The molecule has 302 valence electrons. The topological polar surface area (TPSA) is 61.7 Å². The van der Waals surface area contributed by atoms with Crippen LogP contribution in [0, 0.1) is 0 Å². The molecule has 0 aliphatic heterocycles. The molecule has 10 aromatic carbocycles. The van der Waals surface area contributed by atoms with E-state index in [0.29, 0.717) is 17.5 Å². The molecule has 0 bridgehead atoms. The predicted octanol–water partition coefficient (Wildman–Crippen LogP) is 15.3. The van der Waals surface area contributed by atoms with Crippen molar-refractivity contribution in [3.63, 3.8) is 0 Å². The van der Waals surface area contributed by atoms with Crippen LogP contribution in [0.3, 0.4) is 0 Å². The number of nitrogens with zero attached hydrogens (tertiary/aromatic N) is 5.